The monoisotopic (exact) mass is 243 g/mol. The van der Waals surface area contributed by atoms with Crippen LogP contribution in [0.3, 0.4) is 0 Å². The highest BCUT2D eigenvalue weighted by molar-refractivity contribution is 5.16. The summed E-state index contributed by atoms with van der Waals surface area (Å²) in [5.74, 6) is 2.00. The van der Waals surface area contributed by atoms with Gasteiger partial charge in [-0.2, -0.15) is 0 Å². The molecular weight excluding hydrogens is 218 g/mol. The molecule has 0 heterocycles. The standard InChI is InChI=1S/C17H25N/c1-2-16(12-13-6-4-3-5-7-13)18-17(14-8-9-14)15-10-11-15/h3-7,14-18H,2,8-12H2,1H3. The van der Waals surface area contributed by atoms with Gasteiger partial charge in [-0.3, -0.25) is 0 Å². The predicted molar refractivity (Wildman–Crippen MR) is 76.6 cm³/mol. The van der Waals surface area contributed by atoms with Crippen LogP contribution < -0.4 is 5.32 Å². The summed E-state index contributed by atoms with van der Waals surface area (Å²) in [4.78, 5) is 0. The maximum Gasteiger partial charge on any atom is 0.0126 e. The third-order valence-corrected chi connectivity index (χ3v) is 4.51. The van der Waals surface area contributed by atoms with E-state index in [2.05, 4.69) is 42.6 Å². The second-order valence-corrected chi connectivity index (χ2v) is 6.16. The minimum Gasteiger partial charge on any atom is -0.310 e. The molecule has 1 unspecified atom stereocenters. The Hall–Kier alpha value is -0.820. The van der Waals surface area contributed by atoms with E-state index in [4.69, 9.17) is 0 Å². The quantitative estimate of drug-likeness (QED) is 0.768. The Morgan fingerprint density at radius 1 is 1.06 bits per heavy atom. The lowest BCUT2D eigenvalue weighted by molar-refractivity contribution is 0.352. The Morgan fingerprint density at radius 3 is 2.17 bits per heavy atom. The first-order chi connectivity index (χ1) is 8.86. The van der Waals surface area contributed by atoms with Gasteiger partial charge >= 0.3 is 0 Å². The molecule has 1 nitrogen and oxygen atoms in total. The molecule has 98 valence electrons. The Kier molecular flexibility index (Phi) is 3.69. The third-order valence-electron chi connectivity index (χ3n) is 4.51. The Morgan fingerprint density at radius 2 is 1.67 bits per heavy atom. The van der Waals surface area contributed by atoms with Gasteiger partial charge in [0.1, 0.15) is 0 Å². The van der Waals surface area contributed by atoms with Crippen molar-refractivity contribution in [3.63, 3.8) is 0 Å². The van der Waals surface area contributed by atoms with E-state index >= 15 is 0 Å². The number of hydrogen-bond donors (Lipinski definition) is 1. The molecule has 2 aliphatic rings. The van der Waals surface area contributed by atoms with Crippen LogP contribution in [0.5, 0.6) is 0 Å². The first kappa shape index (κ1) is 12.2. The molecule has 0 aliphatic heterocycles. The summed E-state index contributed by atoms with van der Waals surface area (Å²) in [7, 11) is 0. The molecule has 2 saturated carbocycles. The lowest BCUT2D eigenvalue weighted by Crippen LogP contribution is -2.42. The van der Waals surface area contributed by atoms with E-state index in [9.17, 15) is 0 Å². The smallest absolute Gasteiger partial charge is 0.0126 e. The zero-order chi connectivity index (χ0) is 12.4. The number of rotatable bonds is 7. The fourth-order valence-corrected chi connectivity index (χ4v) is 3.06. The predicted octanol–water partition coefficient (Wildman–Crippen LogP) is 3.79. The van der Waals surface area contributed by atoms with Crippen LogP contribution in [0.4, 0.5) is 0 Å². The second-order valence-electron chi connectivity index (χ2n) is 6.16. The molecule has 0 saturated heterocycles. The second kappa shape index (κ2) is 5.44. The van der Waals surface area contributed by atoms with E-state index in [1.165, 1.54) is 44.1 Å². The molecule has 0 spiro atoms. The van der Waals surface area contributed by atoms with Crippen LogP contribution in [0.15, 0.2) is 30.3 Å². The van der Waals surface area contributed by atoms with Gasteiger partial charge in [0.15, 0.2) is 0 Å². The van der Waals surface area contributed by atoms with Crippen molar-refractivity contribution in [3.05, 3.63) is 35.9 Å². The van der Waals surface area contributed by atoms with Gasteiger partial charge in [0.2, 0.25) is 0 Å². The van der Waals surface area contributed by atoms with Crippen molar-refractivity contribution < 1.29 is 0 Å². The first-order valence-electron chi connectivity index (χ1n) is 7.66. The van der Waals surface area contributed by atoms with Crippen LogP contribution in [0.2, 0.25) is 0 Å². The van der Waals surface area contributed by atoms with Gasteiger partial charge in [0.05, 0.1) is 0 Å². The molecule has 0 aromatic heterocycles. The molecule has 0 amide bonds. The summed E-state index contributed by atoms with van der Waals surface area (Å²) < 4.78 is 0. The summed E-state index contributed by atoms with van der Waals surface area (Å²) in [6.45, 7) is 2.32. The van der Waals surface area contributed by atoms with Crippen molar-refractivity contribution in [2.24, 2.45) is 11.8 Å². The lowest BCUT2D eigenvalue weighted by Gasteiger charge is -2.25. The molecule has 1 atom stereocenters. The summed E-state index contributed by atoms with van der Waals surface area (Å²) in [6.07, 6.45) is 8.30. The fourth-order valence-electron chi connectivity index (χ4n) is 3.06. The number of hydrogen-bond acceptors (Lipinski definition) is 1. The van der Waals surface area contributed by atoms with E-state index < -0.39 is 0 Å². The topological polar surface area (TPSA) is 12.0 Å². The van der Waals surface area contributed by atoms with Crippen LogP contribution in [0.25, 0.3) is 0 Å². The number of nitrogens with one attached hydrogen (secondary N) is 1. The molecule has 2 aliphatic carbocycles. The van der Waals surface area contributed by atoms with Gasteiger partial charge < -0.3 is 5.32 Å². The maximum absolute atomic E-state index is 3.98. The fraction of sp³-hybridized carbons (Fsp3) is 0.647. The normalized spacial score (nSPS) is 21.2. The molecule has 18 heavy (non-hydrogen) atoms. The van der Waals surface area contributed by atoms with Crippen LogP contribution in [0.1, 0.15) is 44.6 Å². The maximum atomic E-state index is 3.98. The van der Waals surface area contributed by atoms with Crippen LogP contribution in [-0.4, -0.2) is 12.1 Å². The first-order valence-corrected chi connectivity index (χ1v) is 7.66. The Bertz CT molecular complexity index is 352. The zero-order valence-corrected chi connectivity index (χ0v) is 11.4. The molecule has 0 bridgehead atoms. The van der Waals surface area contributed by atoms with Gasteiger partial charge in [-0.05, 0) is 55.9 Å². The van der Waals surface area contributed by atoms with E-state index in [1.54, 1.807) is 0 Å². The summed E-state index contributed by atoms with van der Waals surface area (Å²) in [5, 5.41) is 3.98. The zero-order valence-electron chi connectivity index (χ0n) is 11.4. The molecule has 1 aromatic carbocycles. The van der Waals surface area contributed by atoms with Gasteiger partial charge in [0.25, 0.3) is 0 Å². The minimum absolute atomic E-state index is 0.665. The Labute approximate surface area is 111 Å². The van der Waals surface area contributed by atoms with Gasteiger partial charge in [-0.1, -0.05) is 37.3 Å². The van der Waals surface area contributed by atoms with Crippen LogP contribution >= 0.6 is 0 Å². The SMILES string of the molecule is CCC(Cc1ccccc1)NC(C1CC1)C1CC1. The van der Waals surface area contributed by atoms with E-state index in [-0.39, 0.29) is 0 Å². The van der Waals surface area contributed by atoms with Gasteiger partial charge in [-0.25, -0.2) is 0 Å². The highest BCUT2D eigenvalue weighted by Gasteiger charge is 2.41. The molecular formula is C17H25N. The number of benzene rings is 1. The van der Waals surface area contributed by atoms with Gasteiger partial charge in [0, 0.05) is 12.1 Å². The minimum atomic E-state index is 0.665. The summed E-state index contributed by atoms with van der Waals surface area (Å²) in [5.41, 5.74) is 1.47. The van der Waals surface area contributed by atoms with Crippen molar-refractivity contribution in [3.8, 4) is 0 Å². The lowest BCUT2D eigenvalue weighted by atomic mass is 10.00. The molecule has 1 aromatic rings. The van der Waals surface area contributed by atoms with Crippen LogP contribution in [-0.2, 0) is 6.42 Å². The van der Waals surface area contributed by atoms with Crippen molar-refractivity contribution >= 4 is 0 Å². The molecule has 1 heteroatoms. The summed E-state index contributed by atoms with van der Waals surface area (Å²) >= 11 is 0. The molecule has 2 fully saturated rings. The van der Waals surface area contributed by atoms with E-state index in [0.29, 0.717) is 6.04 Å². The van der Waals surface area contributed by atoms with Crippen molar-refractivity contribution in [1.82, 2.24) is 5.32 Å². The molecule has 1 N–H and O–H groups in total. The molecule has 3 rings (SSSR count). The Balaban J connectivity index is 1.58. The van der Waals surface area contributed by atoms with Crippen LogP contribution in [0, 0.1) is 11.8 Å². The van der Waals surface area contributed by atoms with Crippen molar-refractivity contribution in [2.45, 2.75) is 57.5 Å². The van der Waals surface area contributed by atoms with Crippen molar-refractivity contribution in [1.29, 1.82) is 0 Å². The summed E-state index contributed by atoms with van der Waals surface area (Å²) in [6, 6.07) is 12.4. The third kappa shape index (κ3) is 3.14. The van der Waals surface area contributed by atoms with Gasteiger partial charge in [-0.15, -0.1) is 0 Å². The average molecular weight is 243 g/mol. The van der Waals surface area contributed by atoms with E-state index in [1.807, 2.05) is 0 Å². The van der Waals surface area contributed by atoms with E-state index in [0.717, 1.165) is 17.9 Å². The largest absolute Gasteiger partial charge is 0.310 e. The average Bonchev–Trinajstić information content (AvgIpc) is 3.29. The molecule has 0 radical (unpaired) electrons. The highest BCUT2D eigenvalue weighted by atomic mass is 15.0. The highest BCUT2D eigenvalue weighted by Crippen LogP contribution is 2.44. The van der Waals surface area contributed by atoms with Crippen molar-refractivity contribution in [2.75, 3.05) is 0 Å².